The number of nitriles is 1. The average Bonchev–Trinajstić information content (AvgIpc) is 3.20. The molecule has 21 heavy (non-hydrogen) atoms. The van der Waals surface area contributed by atoms with E-state index in [1.54, 1.807) is 28.9 Å². The van der Waals surface area contributed by atoms with Crippen molar-refractivity contribution in [2.45, 2.75) is 24.9 Å². The molecule has 1 aliphatic carbocycles. The van der Waals surface area contributed by atoms with Crippen LogP contribution in [0.4, 0.5) is 0 Å². The molecule has 2 N–H and O–H groups in total. The van der Waals surface area contributed by atoms with E-state index in [0.717, 1.165) is 19.4 Å². The van der Waals surface area contributed by atoms with E-state index in [1.165, 1.54) is 0 Å². The van der Waals surface area contributed by atoms with Crippen LogP contribution in [0.3, 0.4) is 0 Å². The lowest BCUT2D eigenvalue weighted by atomic mass is 10.1. The number of carbonyl (C=O) groups excluding carboxylic acids is 1. The highest BCUT2D eigenvalue weighted by Crippen LogP contribution is 2.31. The molecule has 1 aliphatic heterocycles. The first kappa shape index (κ1) is 12.4. The highest BCUT2D eigenvalue weighted by atomic mass is 16.1. The largest absolute Gasteiger partial charge is 0.348 e. The fourth-order valence-electron chi connectivity index (χ4n) is 3.44. The second-order valence-corrected chi connectivity index (χ2v) is 5.85. The smallest absolute Gasteiger partial charge is 0.251 e. The van der Waals surface area contributed by atoms with Crippen LogP contribution >= 0.6 is 0 Å². The summed E-state index contributed by atoms with van der Waals surface area (Å²) in [6.07, 6.45) is 5.64. The molecule has 1 saturated heterocycles. The molecule has 3 atom stereocenters. The van der Waals surface area contributed by atoms with Gasteiger partial charge in [-0.1, -0.05) is 0 Å². The highest BCUT2D eigenvalue weighted by molar-refractivity contribution is 5.95. The van der Waals surface area contributed by atoms with Gasteiger partial charge in [-0.2, -0.15) is 5.26 Å². The van der Waals surface area contributed by atoms with Crippen LogP contribution in [0.15, 0.2) is 24.5 Å². The maximum absolute atomic E-state index is 12.4. The minimum Gasteiger partial charge on any atom is -0.348 e. The zero-order valence-electron chi connectivity index (χ0n) is 11.4. The van der Waals surface area contributed by atoms with Crippen LogP contribution in [0.2, 0.25) is 0 Å². The van der Waals surface area contributed by atoms with Crippen molar-refractivity contribution in [1.82, 2.24) is 20.0 Å². The SMILES string of the molecule is N#Cc1cn2ccc(C(=O)NC3CC4CNC3C4)cc2n1. The summed E-state index contributed by atoms with van der Waals surface area (Å²) >= 11 is 0. The predicted octanol–water partition coefficient (Wildman–Crippen LogP) is 0.686. The zero-order chi connectivity index (χ0) is 14.4. The van der Waals surface area contributed by atoms with E-state index < -0.39 is 0 Å². The van der Waals surface area contributed by atoms with E-state index in [1.807, 2.05) is 6.07 Å². The predicted molar refractivity (Wildman–Crippen MR) is 75.7 cm³/mol. The topological polar surface area (TPSA) is 82.2 Å². The number of imidazole rings is 1. The molecule has 2 aliphatic rings. The first-order valence-corrected chi connectivity index (χ1v) is 7.16. The van der Waals surface area contributed by atoms with Crippen molar-refractivity contribution in [1.29, 1.82) is 5.26 Å². The van der Waals surface area contributed by atoms with Gasteiger partial charge in [0.15, 0.2) is 5.69 Å². The summed E-state index contributed by atoms with van der Waals surface area (Å²) in [5.74, 6) is 0.631. The number of piperidine rings is 1. The lowest BCUT2D eigenvalue weighted by Crippen LogP contribution is -2.47. The van der Waals surface area contributed by atoms with Gasteiger partial charge in [-0.05, 0) is 37.4 Å². The molecule has 0 aromatic carbocycles. The molecule has 6 heteroatoms. The van der Waals surface area contributed by atoms with Crippen molar-refractivity contribution < 1.29 is 4.79 Å². The monoisotopic (exact) mass is 281 g/mol. The lowest BCUT2D eigenvalue weighted by molar-refractivity contribution is 0.0928. The van der Waals surface area contributed by atoms with Crippen molar-refractivity contribution in [2.24, 2.45) is 5.92 Å². The number of aromatic nitrogens is 2. The molecule has 2 aromatic heterocycles. The van der Waals surface area contributed by atoms with E-state index in [0.29, 0.717) is 28.9 Å². The maximum Gasteiger partial charge on any atom is 0.251 e. The van der Waals surface area contributed by atoms with E-state index in [2.05, 4.69) is 15.6 Å². The fraction of sp³-hybridized carbons (Fsp3) is 0.400. The summed E-state index contributed by atoms with van der Waals surface area (Å²) in [7, 11) is 0. The molecule has 1 saturated carbocycles. The number of nitrogens with one attached hydrogen (secondary N) is 2. The van der Waals surface area contributed by atoms with Crippen LogP contribution in [-0.4, -0.2) is 33.9 Å². The number of fused-ring (bicyclic) bond motifs is 3. The average molecular weight is 281 g/mol. The van der Waals surface area contributed by atoms with Gasteiger partial charge >= 0.3 is 0 Å². The van der Waals surface area contributed by atoms with Gasteiger partial charge in [0, 0.05) is 30.0 Å². The summed E-state index contributed by atoms with van der Waals surface area (Å²) in [6.45, 7) is 1.08. The van der Waals surface area contributed by atoms with Gasteiger partial charge in [0.2, 0.25) is 0 Å². The Labute approximate surface area is 121 Å². The zero-order valence-corrected chi connectivity index (χ0v) is 11.4. The molecule has 6 nitrogen and oxygen atoms in total. The van der Waals surface area contributed by atoms with Crippen LogP contribution in [0.1, 0.15) is 28.9 Å². The Morgan fingerprint density at radius 3 is 3.14 bits per heavy atom. The minimum atomic E-state index is -0.0710. The summed E-state index contributed by atoms with van der Waals surface area (Å²) < 4.78 is 1.74. The standard InChI is InChI=1S/C15H15N5O/c16-6-11-8-20-2-1-10(5-14(20)18-11)15(21)19-13-4-9-3-12(13)17-7-9/h1-2,5,8-9,12-13,17H,3-4,7H2,(H,19,21). The molecular weight excluding hydrogens is 266 g/mol. The Balaban J connectivity index is 1.55. The molecular formula is C15H15N5O. The Morgan fingerprint density at radius 1 is 1.52 bits per heavy atom. The van der Waals surface area contributed by atoms with Gasteiger partial charge in [-0.3, -0.25) is 4.79 Å². The second-order valence-electron chi connectivity index (χ2n) is 5.85. The van der Waals surface area contributed by atoms with E-state index in [-0.39, 0.29) is 11.9 Å². The van der Waals surface area contributed by atoms with Crippen LogP contribution < -0.4 is 10.6 Å². The van der Waals surface area contributed by atoms with Gasteiger partial charge in [0.1, 0.15) is 11.7 Å². The molecule has 2 bridgehead atoms. The summed E-state index contributed by atoms with van der Waals surface area (Å²) in [6, 6.07) is 6.12. The third-order valence-corrected chi connectivity index (χ3v) is 4.48. The molecule has 0 spiro atoms. The molecule has 2 aromatic rings. The summed E-state index contributed by atoms with van der Waals surface area (Å²) in [4.78, 5) is 16.5. The second kappa shape index (κ2) is 4.57. The summed E-state index contributed by atoms with van der Waals surface area (Å²) in [5.41, 5.74) is 1.55. The Bertz CT molecular complexity index is 759. The third kappa shape index (κ3) is 2.06. The number of pyridine rings is 1. The van der Waals surface area contributed by atoms with Gasteiger partial charge in [-0.15, -0.1) is 0 Å². The Morgan fingerprint density at radius 2 is 2.43 bits per heavy atom. The van der Waals surface area contributed by atoms with Crippen LogP contribution in [-0.2, 0) is 0 Å². The number of hydrogen-bond acceptors (Lipinski definition) is 4. The lowest BCUT2D eigenvalue weighted by Gasteiger charge is -2.23. The number of rotatable bonds is 2. The Kier molecular flexibility index (Phi) is 2.69. The van der Waals surface area contributed by atoms with Crippen molar-refractivity contribution in [3.05, 3.63) is 35.8 Å². The van der Waals surface area contributed by atoms with Crippen molar-refractivity contribution >= 4 is 11.6 Å². The molecule has 0 radical (unpaired) electrons. The maximum atomic E-state index is 12.4. The van der Waals surface area contributed by atoms with E-state index >= 15 is 0 Å². The molecule has 3 heterocycles. The van der Waals surface area contributed by atoms with Crippen LogP contribution in [0.25, 0.3) is 5.65 Å². The van der Waals surface area contributed by atoms with E-state index in [4.69, 9.17) is 5.26 Å². The third-order valence-electron chi connectivity index (χ3n) is 4.48. The van der Waals surface area contributed by atoms with Crippen molar-refractivity contribution in [3.63, 3.8) is 0 Å². The molecule has 3 unspecified atom stereocenters. The summed E-state index contributed by atoms with van der Waals surface area (Å²) in [5, 5.41) is 15.4. The first-order valence-electron chi connectivity index (χ1n) is 7.16. The highest BCUT2D eigenvalue weighted by Gasteiger charge is 2.40. The van der Waals surface area contributed by atoms with E-state index in [9.17, 15) is 4.79 Å². The molecule has 4 rings (SSSR count). The Hall–Kier alpha value is -2.39. The number of hydrogen-bond donors (Lipinski definition) is 2. The molecule has 1 amide bonds. The van der Waals surface area contributed by atoms with Gasteiger partial charge in [0.25, 0.3) is 5.91 Å². The normalized spacial score (nSPS) is 26.9. The quantitative estimate of drug-likeness (QED) is 0.848. The van der Waals surface area contributed by atoms with Gasteiger partial charge in [0.05, 0.1) is 0 Å². The van der Waals surface area contributed by atoms with Gasteiger partial charge in [-0.25, -0.2) is 4.98 Å². The number of amides is 1. The fourth-order valence-corrected chi connectivity index (χ4v) is 3.44. The first-order chi connectivity index (χ1) is 10.2. The molecule has 106 valence electrons. The number of carbonyl (C=O) groups is 1. The minimum absolute atomic E-state index is 0.0710. The van der Waals surface area contributed by atoms with Crippen LogP contribution in [0.5, 0.6) is 0 Å². The molecule has 2 fully saturated rings. The van der Waals surface area contributed by atoms with Crippen molar-refractivity contribution in [3.8, 4) is 6.07 Å². The van der Waals surface area contributed by atoms with Crippen LogP contribution in [0, 0.1) is 17.2 Å². The number of nitrogens with zero attached hydrogens (tertiary/aromatic N) is 3. The van der Waals surface area contributed by atoms with Crippen molar-refractivity contribution in [2.75, 3.05) is 6.54 Å². The van der Waals surface area contributed by atoms with Gasteiger partial charge < -0.3 is 15.0 Å².